The fourth-order valence-electron chi connectivity index (χ4n) is 5.80. The van der Waals surface area contributed by atoms with E-state index in [1.165, 1.54) is 45.3 Å². The molecule has 0 amide bonds. The van der Waals surface area contributed by atoms with Crippen molar-refractivity contribution in [3.05, 3.63) is 12.7 Å². The van der Waals surface area contributed by atoms with Gasteiger partial charge in [0.2, 0.25) is 6.80 Å². The molecule has 0 radical (unpaired) electrons. The minimum absolute atomic E-state index is 0.202. The zero-order valence-electron chi connectivity index (χ0n) is 30.8. The third-order valence-corrected chi connectivity index (χ3v) is 20.1. The summed E-state index contributed by atoms with van der Waals surface area (Å²) in [6.07, 6.45) is -6.58. The van der Waals surface area contributed by atoms with Gasteiger partial charge in [-0.3, -0.25) is 22.3 Å². The maximum absolute atomic E-state index is 13.0. The summed E-state index contributed by atoms with van der Waals surface area (Å²) >= 11 is 17.3. The van der Waals surface area contributed by atoms with Crippen molar-refractivity contribution in [2.24, 2.45) is 0 Å². The second-order valence-electron chi connectivity index (χ2n) is 12.4. The predicted octanol–water partition coefficient (Wildman–Crippen LogP) is -0.633. The molecule has 2 fully saturated rings. The van der Waals surface area contributed by atoms with Crippen LogP contribution in [-0.2, 0) is 64.9 Å². The molecule has 35 heteroatoms. The molecule has 6 rings (SSSR count). The van der Waals surface area contributed by atoms with E-state index in [1.807, 2.05) is 0 Å². The van der Waals surface area contributed by atoms with Crippen LogP contribution in [0.15, 0.2) is 23.0 Å². The van der Waals surface area contributed by atoms with Crippen LogP contribution in [0.25, 0.3) is 22.3 Å². The van der Waals surface area contributed by atoms with Crippen LogP contribution in [0.5, 0.6) is 0 Å². The number of ether oxygens (including phenoxy) is 2. The minimum atomic E-state index is -6.13. The Morgan fingerprint density at radius 1 is 0.800 bits per heavy atom. The van der Waals surface area contributed by atoms with Gasteiger partial charge in [0.15, 0.2) is 76.8 Å². The van der Waals surface area contributed by atoms with E-state index in [9.17, 15) is 48.8 Å². The Morgan fingerprint density at radius 3 is 1.63 bits per heavy atom. The van der Waals surface area contributed by atoms with Crippen LogP contribution in [0.4, 0.5) is 11.6 Å². The first-order valence-electron chi connectivity index (χ1n) is 16.6. The molecular weight excluding hydrogens is 984 g/mol. The van der Waals surface area contributed by atoms with Gasteiger partial charge in [-0.2, -0.15) is 0 Å². The van der Waals surface area contributed by atoms with Gasteiger partial charge in [0.05, 0.1) is 25.9 Å². The highest BCUT2D eigenvalue weighted by atomic mass is 35.5. The van der Waals surface area contributed by atoms with Crippen LogP contribution < -0.4 is 25.3 Å². The van der Waals surface area contributed by atoms with Crippen molar-refractivity contribution in [2.45, 2.75) is 64.3 Å². The Kier molecular flexibility index (Phi) is 15.1. The summed E-state index contributed by atoms with van der Waals surface area (Å²) in [6.45, 7) is -12.4. The van der Waals surface area contributed by atoms with E-state index in [0.29, 0.717) is 33.0 Å². The second-order valence-corrected chi connectivity index (χ2v) is 24.9. The summed E-state index contributed by atoms with van der Waals surface area (Å²) in [4.78, 5) is 61.2. The molecule has 26 nitrogen and oxygen atoms in total. The molecule has 6 N–H and O–H groups in total. The lowest BCUT2D eigenvalue weighted by Crippen LogP contribution is -2.34. The Bertz CT molecular complexity index is 2270. The van der Waals surface area contributed by atoms with Gasteiger partial charge in [0.1, 0.15) is 43.3 Å². The molecule has 2 aliphatic rings. The van der Waals surface area contributed by atoms with Crippen molar-refractivity contribution in [1.82, 2.24) is 39.0 Å². The van der Waals surface area contributed by atoms with Gasteiger partial charge in [-0.1, -0.05) is 35.3 Å². The van der Waals surface area contributed by atoms with Gasteiger partial charge in [-0.05, 0) is 12.5 Å². The van der Waals surface area contributed by atoms with Crippen LogP contribution in [0.3, 0.4) is 0 Å². The Labute approximate surface area is 362 Å². The van der Waals surface area contributed by atoms with Gasteiger partial charge in [0.25, 0.3) is 0 Å². The van der Waals surface area contributed by atoms with Gasteiger partial charge < -0.3 is 85.6 Å². The Hall–Kier alpha value is -1.14. The van der Waals surface area contributed by atoms with Crippen molar-refractivity contribution < 1.29 is 75.9 Å². The highest BCUT2D eigenvalue weighted by Crippen LogP contribution is 2.72. The largest absolute Gasteiger partial charge is 0.779 e. The SMILES string of the molecule is CNc1nc(SC)nc2c1ncn2[C@@H]1O[C@H](COP(=O)([S-])OP(=O)([O-])C(Cl)P(=O)([O-])OP([O-])(=S)OC[C@H]2O[C@@H](n3cnc4c(NC)nc(SC)nc43)[C@H](O)[C@@H]2O)[C@@H](O)[C@H]1O. The average Bonchev–Trinajstić information content (AvgIpc) is 3.95. The van der Waals surface area contributed by atoms with Crippen molar-refractivity contribution in [3.63, 3.8) is 0 Å². The molecule has 0 aromatic carbocycles. The van der Waals surface area contributed by atoms with Crippen LogP contribution in [0.1, 0.15) is 12.5 Å². The van der Waals surface area contributed by atoms with E-state index < -0.39 is 95.9 Å². The topological polar surface area (TPSA) is 368 Å². The van der Waals surface area contributed by atoms with Gasteiger partial charge in [0, 0.05) is 14.1 Å². The number of hydrogen-bond donors (Lipinski definition) is 6. The molecule has 6 heterocycles. The summed E-state index contributed by atoms with van der Waals surface area (Å²) < 4.78 is 71.2. The summed E-state index contributed by atoms with van der Waals surface area (Å²) in [5, 5.41) is 49.3. The summed E-state index contributed by atoms with van der Waals surface area (Å²) in [5.74, 6) is 0.712. The van der Waals surface area contributed by atoms with E-state index in [0.717, 1.165) is 0 Å². The summed E-state index contributed by atoms with van der Waals surface area (Å²) in [5.41, 5.74) is 0.995. The van der Waals surface area contributed by atoms with Gasteiger partial charge in [-0.25, -0.2) is 29.9 Å². The number of nitrogens with one attached hydrogen (secondary N) is 2. The molecule has 334 valence electrons. The average molecular weight is 1020 g/mol. The number of nitrogens with zero attached hydrogens (tertiary/aromatic N) is 8. The van der Waals surface area contributed by atoms with Gasteiger partial charge in [-0.15, -0.1) is 11.6 Å². The molecule has 2 aliphatic heterocycles. The molecule has 0 bridgehead atoms. The number of aliphatic hydroxyl groups is 4. The number of thioether (sulfide) groups is 2. The molecule has 13 atom stereocenters. The van der Waals surface area contributed by atoms with Crippen LogP contribution in [0.2, 0.25) is 0 Å². The first-order chi connectivity index (χ1) is 28.1. The number of aromatic nitrogens is 8. The van der Waals surface area contributed by atoms with Crippen molar-refractivity contribution in [3.8, 4) is 0 Å². The van der Waals surface area contributed by atoms with Crippen LogP contribution >= 0.6 is 63.8 Å². The van der Waals surface area contributed by atoms with E-state index in [-0.39, 0.29) is 11.3 Å². The lowest BCUT2D eigenvalue weighted by Gasteiger charge is -2.42. The van der Waals surface area contributed by atoms with Crippen LogP contribution in [-0.4, -0.2) is 141 Å². The van der Waals surface area contributed by atoms with Crippen molar-refractivity contribution in [1.29, 1.82) is 0 Å². The van der Waals surface area contributed by atoms with E-state index >= 15 is 0 Å². The second kappa shape index (κ2) is 18.8. The quantitative estimate of drug-likeness (QED) is 0.0237. The number of imidazole rings is 2. The first-order valence-corrected chi connectivity index (χ1v) is 27.8. The molecule has 60 heavy (non-hydrogen) atoms. The molecular formula is C25H33ClN10O16P4S4-4. The molecule has 4 aromatic rings. The van der Waals surface area contributed by atoms with E-state index in [4.69, 9.17) is 30.1 Å². The number of halogens is 1. The van der Waals surface area contributed by atoms with Crippen molar-refractivity contribution in [2.75, 3.05) is 50.5 Å². The summed E-state index contributed by atoms with van der Waals surface area (Å²) in [6, 6.07) is 0. The number of anilines is 2. The Morgan fingerprint density at radius 2 is 1.22 bits per heavy atom. The highest BCUT2D eigenvalue weighted by Gasteiger charge is 2.47. The zero-order valence-corrected chi connectivity index (χ0v) is 38.4. The van der Waals surface area contributed by atoms with Crippen LogP contribution in [0, 0.1) is 0 Å². The standard InChI is InChI=1S/C25H37ClN10O16P4S4/c1-27-17-11-19(33-24(31-17)59-3)35(7-29-11)21-15(39)13(37)9(49-21)5-47-55(45,57)51-53(41,42)23(26)54(43,44)52-56(46,58)48-6-10-14(38)16(40)22(50-10)36-8-30-12-18(28-2)32-25(60-4)34-20(12)36/h7-10,13-16,21-23,37-40H,5-6H2,1-4H3,(H,41,42)(H,43,44)(H,45,57)(H,46,58)(H,27,31,33)(H,28,32,34)/p-4/t9-,10-,13-,14-,15-,16-,21-,22-,23?,55?,56?/m1/s1. The zero-order chi connectivity index (χ0) is 44.1. The minimum Gasteiger partial charge on any atom is -0.779 e. The fraction of sp³-hybridized carbons (Fsp3) is 0.600. The maximum Gasteiger partial charge on any atom is 0.204 e. The Balaban J connectivity index is 1.05. The lowest BCUT2D eigenvalue weighted by molar-refractivity contribution is -0.221. The monoisotopic (exact) mass is 1020 g/mol. The normalized spacial score (nSPS) is 29.2. The molecule has 4 aromatic heterocycles. The molecule has 2 saturated heterocycles. The third kappa shape index (κ3) is 10.1. The molecule has 5 unspecified atom stereocenters. The number of alkyl halides is 1. The smallest absolute Gasteiger partial charge is 0.204 e. The van der Waals surface area contributed by atoms with E-state index in [2.05, 4.69) is 73.2 Å². The number of fused-ring (bicyclic) bond motifs is 2. The summed E-state index contributed by atoms with van der Waals surface area (Å²) in [7, 11) is -9.06. The maximum atomic E-state index is 13.0. The third-order valence-electron chi connectivity index (χ3n) is 8.61. The fourth-order valence-corrected chi connectivity index (χ4v) is 15.2. The highest BCUT2D eigenvalue weighted by molar-refractivity contribution is 8.33. The number of hydrogen-bond acceptors (Lipinski definition) is 28. The molecule has 0 spiro atoms. The molecule has 0 aliphatic carbocycles. The first kappa shape index (κ1) is 48.3. The van der Waals surface area contributed by atoms with Gasteiger partial charge >= 0.3 is 0 Å². The predicted molar refractivity (Wildman–Crippen MR) is 213 cm³/mol. The lowest BCUT2D eigenvalue weighted by atomic mass is 10.1. The van der Waals surface area contributed by atoms with Crippen molar-refractivity contribution >= 4 is 122 Å². The molecule has 0 saturated carbocycles. The number of aliphatic hydroxyl groups excluding tert-OH is 4. The number of rotatable bonds is 18. The van der Waals surface area contributed by atoms with E-state index in [1.54, 1.807) is 26.6 Å².